The third-order valence-electron chi connectivity index (χ3n) is 2.28. The summed E-state index contributed by atoms with van der Waals surface area (Å²) in [6, 6.07) is 5.33. The average Bonchev–Trinajstić information content (AvgIpc) is 2.28. The number of carbonyl (C=O) groups is 1. The molecule has 0 radical (unpaired) electrons. The zero-order valence-corrected chi connectivity index (χ0v) is 10.8. The summed E-state index contributed by atoms with van der Waals surface area (Å²) >= 11 is 11.7. The molecule has 5 heteroatoms. The Kier molecular flexibility index (Phi) is 5.48. The lowest BCUT2D eigenvalue weighted by Crippen LogP contribution is -2.25. The van der Waals surface area contributed by atoms with Gasteiger partial charge in [0, 0.05) is 12.1 Å². The summed E-state index contributed by atoms with van der Waals surface area (Å²) in [5.74, 6) is -0.959. The Balaban J connectivity index is 2.73. The van der Waals surface area contributed by atoms with E-state index >= 15 is 0 Å². The molecule has 0 aliphatic carbocycles. The molecule has 0 saturated carbocycles. The number of rotatable bonds is 5. The Hall–Kier alpha value is -1.03. The molecule has 2 N–H and O–H groups in total. The molecule has 1 aromatic carbocycles. The van der Waals surface area contributed by atoms with Crippen LogP contribution in [0.15, 0.2) is 30.4 Å². The number of halogens is 2. The van der Waals surface area contributed by atoms with E-state index in [9.17, 15) is 4.79 Å². The minimum absolute atomic E-state index is 0.0525. The van der Waals surface area contributed by atoms with Crippen molar-refractivity contribution in [1.29, 1.82) is 0 Å². The van der Waals surface area contributed by atoms with Crippen molar-refractivity contribution in [2.75, 3.05) is 7.05 Å². The van der Waals surface area contributed by atoms with Crippen LogP contribution < -0.4 is 5.32 Å². The van der Waals surface area contributed by atoms with Crippen molar-refractivity contribution >= 4 is 29.2 Å². The van der Waals surface area contributed by atoms with E-state index in [1.54, 1.807) is 25.3 Å². The van der Waals surface area contributed by atoms with Crippen LogP contribution in [-0.2, 0) is 11.2 Å². The van der Waals surface area contributed by atoms with E-state index in [1.807, 2.05) is 6.07 Å². The van der Waals surface area contributed by atoms with Crippen molar-refractivity contribution < 1.29 is 9.90 Å². The van der Waals surface area contributed by atoms with Gasteiger partial charge in [-0.1, -0.05) is 35.3 Å². The van der Waals surface area contributed by atoms with E-state index in [0.29, 0.717) is 16.5 Å². The first-order chi connectivity index (χ1) is 8.02. The topological polar surface area (TPSA) is 49.3 Å². The average molecular weight is 274 g/mol. The summed E-state index contributed by atoms with van der Waals surface area (Å²) in [5.41, 5.74) is 0.994. The number of hydrogen-bond donors (Lipinski definition) is 2. The van der Waals surface area contributed by atoms with Crippen molar-refractivity contribution in [2.24, 2.45) is 0 Å². The Morgan fingerprint density at radius 1 is 1.47 bits per heavy atom. The number of carboxylic acids is 1. The van der Waals surface area contributed by atoms with Crippen LogP contribution in [0, 0.1) is 0 Å². The maximum absolute atomic E-state index is 10.4. The van der Waals surface area contributed by atoms with E-state index in [0.717, 1.165) is 11.6 Å². The predicted octanol–water partition coefficient (Wildman–Crippen LogP) is 2.76. The van der Waals surface area contributed by atoms with Crippen LogP contribution in [0.25, 0.3) is 0 Å². The Labute approximate surface area is 110 Å². The molecule has 0 bridgehead atoms. The van der Waals surface area contributed by atoms with Crippen LogP contribution in [-0.4, -0.2) is 24.2 Å². The van der Waals surface area contributed by atoms with Gasteiger partial charge in [-0.15, -0.1) is 0 Å². The van der Waals surface area contributed by atoms with Crippen LogP contribution in [0.4, 0.5) is 0 Å². The first-order valence-electron chi connectivity index (χ1n) is 5.05. The lowest BCUT2D eigenvalue weighted by molar-refractivity contribution is -0.131. The first kappa shape index (κ1) is 14.0. The zero-order valence-electron chi connectivity index (χ0n) is 9.28. The number of likely N-dealkylation sites (N-methyl/N-ethyl adjacent to an activating group) is 1. The Morgan fingerprint density at radius 3 is 2.71 bits per heavy atom. The second kappa shape index (κ2) is 6.64. The van der Waals surface area contributed by atoms with Gasteiger partial charge in [-0.3, -0.25) is 0 Å². The van der Waals surface area contributed by atoms with Gasteiger partial charge in [0.1, 0.15) is 0 Å². The fourth-order valence-electron chi connectivity index (χ4n) is 1.39. The summed E-state index contributed by atoms with van der Waals surface area (Å²) in [7, 11) is 1.77. The monoisotopic (exact) mass is 273 g/mol. The highest BCUT2D eigenvalue weighted by molar-refractivity contribution is 6.42. The second-order valence-electron chi connectivity index (χ2n) is 3.55. The van der Waals surface area contributed by atoms with E-state index in [-0.39, 0.29) is 6.04 Å². The lowest BCUT2D eigenvalue weighted by atomic mass is 10.1. The van der Waals surface area contributed by atoms with Gasteiger partial charge in [0.2, 0.25) is 0 Å². The molecule has 0 saturated heterocycles. The molecule has 0 spiro atoms. The van der Waals surface area contributed by atoms with Crippen LogP contribution in [0.2, 0.25) is 10.0 Å². The molecule has 1 aromatic rings. The first-order valence-corrected chi connectivity index (χ1v) is 5.81. The van der Waals surface area contributed by atoms with Gasteiger partial charge in [-0.05, 0) is 31.2 Å². The smallest absolute Gasteiger partial charge is 0.328 e. The standard InChI is InChI=1S/C12H13Cl2NO2/c1-15-9(3-5-12(16)17)6-8-2-4-10(13)11(14)7-8/h2-5,7,9,15H,6H2,1H3,(H,16,17). The highest BCUT2D eigenvalue weighted by Crippen LogP contribution is 2.23. The highest BCUT2D eigenvalue weighted by Gasteiger charge is 2.06. The van der Waals surface area contributed by atoms with E-state index in [4.69, 9.17) is 28.3 Å². The van der Waals surface area contributed by atoms with Gasteiger partial charge < -0.3 is 10.4 Å². The van der Waals surface area contributed by atoms with Crippen molar-refractivity contribution in [2.45, 2.75) is 12.5 Å². The fourth-order valence-corrected chi connectivity index (χ4v) is 1.71. The molecule has 1 unspecified atom stereocenters. The summed E-state index contributed by atoms with van der Waals surface area (Å²) in [5, 5.41) is 12.6. The third-order valence-corrected chi connectivity index (χ3v) is 3.02. The SMILES string of the molecule is CNC(C=CC(=O)O)Cc1ccc(Cl)c(Cl)c1. The number of nitrogens with one attached hydrogen (secondary N) is 1. The van der Waals surface area contributed by atoms with E-state index < -0.39 is 5.97 Å². The number of carboxylic acid groups (broad SMARTS) is 1. The van der Waals surface area contributed by atoms with Crippen LogP contribution >= 0.6 is 23.2 Å². The molecule has 0 amide bonds. The fraction of sp³-hybridized carbons (Fsp3) is 0.250. The van der Waals surface area contributed by atoms with Gasteiger partial charge in [0.15, 0.2) is 0 Å². The number of hydrogen-bond acceptors (Lipinski definition) is 2. The molecule has 92 valence electrons. The summed E-state index contributed by atoms with van der Waals surface area (Å²) in [6.07, 6.45) is 3.38. The summed E-state index contributed by atoms with van der Waals surface area (Å²) in [6.45, 7) is 0. The number of benzene rings is 1. The quantitative estimate of drug-likeness (QED) is 0.812. The summed E-state index contributed by atoms with van der Waals surface area (Å²) < 4.78 is 0. The van der Waals surface area contributed by atoms with Crippen molar-refractivity contribution in [3.8, 4) is 0 Å². The molecule has 3 nitrogen and oxygen atoms in total. The van der Waals surface area contributed by atoms with Gasteiger partial charge in [0.25, 0.3) is 0 Å². The molecule has 0 aliphatic rings. The second-order valence-corrected chi connectivity index (χ2v) is 4.36. The molecule has 0 heterocycles. The zero-order chi connectivity index (χ0) is 12.8. The van der Waals surface area contributed by atoms with Crippen molar-refractivity contribution in [3.63, 3.8) is 0 Å². The lowest BCUT2D eigenvalue weighted by Gasteiger charge is -2.11. The van der Waals surface area contributed by atoms with Crippen LogP contribution in [0.1, 0.15) is 5.56 Å². The third kappa shape index (κ3) is 4.77. The van der Waals surface area contributed by atoms with Crippen molar-refractivity contribution in [3.05, 3.63) is 46.0 Å². The normalized spacial score (nSPS) is 12.9. The molecule has 17 heavy (non-hydrogen) atoms. The van der Waals surface area contributed by atoms with Gasteiger partial charge in [-0.2, -0.15) is 0 Å². The van der Waals surface area contributed by atoms with Crippen LogP contribution in [0.3, 0.4) is 0 Å². The van der Waals surface area contributed by atoms with Crippen LogP contribution in [0.5, 0.6) is 0 Å². The molecule has 0 aliphatic heterocycles. The predicted molar refractivity (Wildman–Crippen MR) is 69.8 cm³/mol. The van der Waals surface area contributed by atoms with E-state index in [2.05, 4.69) is 5.32 Å². The van der Waals surface area contributed by atoms with Crippen molar-refractivity contribution in [1.82, 2.24) is 5.32 Å². The van der Waals surface area contributed by atoms with Gasteiger partial charge in [0.05, 0.1) is 10.0 Å². The maximum atomic E-state index is 10.4. The maximum Gasteiger partial charge on any atom is 0.328 e. The number of aliphatic carboxylic acids is 1. The molecule has 1 atom stereocenters. The highest BCUT2D eigenvalue weighted by atomic mass is 35.5. The van der Waals surface area contributed by atoms with Gasteiger partial charge >= 0.3 is 5.97 Å². The molecule has 0 aromatic heterocycles. The summed E-state index contributed by atoms with van der Waals surface area (Å²) in [4.78, 5) is 10.4. The molecular formula is C12H13Cl2NO2. The Morgan fingerprint density at radius 2 is 2.18 bits per heavy atom. The van der Waals surface area contributed by atoms with E-state index in [1.165, 1.54) is 0 Å². The molecule has 1 rings (SSSR count). The van der Waals surface area contributed by atoms with Gasteiger partial charge in [-0.25, -0.2) is 4.79 Å². The largest absolute Gasteiger partial charge is 0.478 e. The minimum Gasteiger partial charge on any atom is -0.478 e. The molecule has 0 fully saturated rings. The molecular weight excluding hydrogens is 261 g/mol. The Bertz CT molecular complexity index is 433. The minimum atomic E-state index is -0.959.